The molecule has 0 saturated heterocycles. The quantitative estimate of drug-likeness (QED) is 0.604. The topological polar surface area (TPSA) is 12.0 Å². The minimum atomic E-state index is 0.378. The minimum Gasteiger partial charge on any atom is -0.313 e. The van der Waals surface area contributed by atoms with E-state index in [4.69, 9.17) is 11.6 Å². The zero-order chi connectivity index (χ0) is 11.1. The van der Waals surface area contributed by atoms with Crippen molar-refractivity contribution >= 4 is 23.4 Å². The summed E-state index contributed by atoms with van der Waals surface area (Å²) in [6.45, 7) is 2.17. The van der Waals surface area contributed by atoms with E-state index in [1.54, 1.807) is 0 Å². The largest absolute Gasteiger partial charge is 0.313 e. The van der Waals surface area contributed by atoms with Crippen LogP contribution in [0.25, 0.3) is 0 Å². The highest BCUT2D eigenvalue weighted by Crippen LogP contribution is 2.22. The van der Waals surface area contributed by atoms with Crippen molar-refractivity contribution in [1.29, 1.82) is 0 Å². The predicted octanol–water partition coefficient (Wildman–Crippen LogP) is 3.69. The second kappa shape index (κ2) is 7.15. The molecule has 1 unspecified atom stereocenters. The maximum absolute atomic E-state index is 5.76. The average Bonchev–Trinajstić information content (AvgIpc) is 2.28. The van der Waals surface area contributed by atoms with E-state index in [0.29, 0.717) is 11.9 Å². The van der Waals surface area contributed by atoms with Crippen molar-refractivity contribution in [1.82, 2.24) is 5.32 Å². The number of halogens is 1. The molecule has 0 bridgehead atoms. The predicted molar refractivity (Wildman–Crippen MR) is 70.0 cm³/mol. The Morgan fingerprint density at radius 2 is 2.00 bits per heavy atom. The molecular formula is C12H18ClNS. The summed E-state index contributed by atoms with van der Waals surface area (Å²) >= 11 is 7.63. The van der Waals surface area contributed by atoms with Gasteiger partial charge < -0.3 is 5.32 Å². The van der Waals surface area contributed by atoms with Crippen LogP contribution in [0.15, 0.2) is 29.2 Å². The van der Waals surface area contributed by atoms with Crippen molar-refractivity contribution in [2.24, 2.45) is 0 Å². The Bertz CT molecular complexity index is 273. The van der Waals surface area contributed by atoms with Crippen molar-refractivity contribution in [3.8, 4) is 0 Å². The first-order valence-electron chi connectivity index (χ1n) is 5.27. The lowest BCUT2D eigenvalue weighted by Gasteiger charge is -2.15. The van der Waals surface area contributed by atoms with Gasteiger partial charge in [0.05, 0.1) is 0 Å². The maximum atomic E-state index is 5.76. The van der Waals surface area contributed by atoms with Gasteiger partial charge in [-0.3, -0.25) is 0 Å². The van der Waals surface area contributed by atoms with Crippen molar-refractivity contribution in [2.45, 2.75) is 24.3 Å². The highest BCUT2D eigenvalue weighted by atomic mass is 35.5. The van der Waals surface area contributed by atoms with E-state index in [2.05, 4.69) is 36.5 Å². The fourth-order valence-corrected chi connectivity index (χ4v) is 2.43. The number of nitrogens with one attached hydrogen (secondary N) is 1. The van der Waals surface area contributed by atoms with Gasteiger partial charge in [0.25, 0.3) is 0 Å². The molecule has 0 fully saturated rings. The molecule has 1 nitrogen and oxygen atoms in total. The van der Waals surface area contributed by atoms with Crippen LogP contribution in [0.3, 0.4) is 0 Å². The SMILES string of the molecule is CCSc1ccc(C(CCCl)NC)cc1. The lowest BCUT2D eigenvalue weighted by Crippen LogP contribution is -2.16. The van der Waals surface area contributed by atoms with Crippen LogP contribution in [0.5, 0.6) is 0 Å². The van der Waals surface area contributed by atoms with Crippen molar-refractivity contribution < 1.29 is 0 Å². The van der Waals surface area contributed by atoms with E-state index in [0.717, 1.165) is 12.2 Å². The van der Waals surface area contributed by atoms with Crippen LogP contribution < -0.4 is 5.32 Å². The van der Waals surface area contributed by atoms with Gasteiger partial charge in [0.1, 0.15) is 0 Å². The number of hydrogen-bond acceptors (Lipinski definition) is 2. The third-order valence-electron chi connectivity index (χ3n) is 2.34. The maximum Gasteiger partial charge on any atom is 0.0328 e. The highest BCUT2D eigenvalue weighted by molar-refractivity contribution is 7.99. The van der Waals surface area contributed by atoms with E-state index >= 15 is 0 Å². The Morgan fingerprint density at radius 3 is 2.47 bits per heavy atom. The van der Waals surface area contributed by atoms with Gasteiger partial charge in [-0.2, -0.15) is 0 Å². The third-order valence-corrected chi connectivity index (χ3v) is 3.45. The molecule has 1 rings (SSSR count). The van der Waals surface area contributed by atoms with Crippen LogP contribution in [-0.4, -0.2) is 18.7 Å². The van der Waals surface area contributed by atoms with Crippen LogP contribution >= 0.6 is 23.4 Å². The van der Waals surface area contributed by atoms with E-state index in [9.17, 15) is 0 Å². The van der Waals surface area contributed by atoms with E-state index < -0.39 is 0 Å². The summed E-state index contributed by atoms with van der Waals surface area (Å²) in [5, 5.41) is 3.28. The number of alkyl halides is 1. The molecule has 0 amide bonds. The summed E-state index contributed by atoms with van der Waals surface area (Å²) in [5.74, 6) is 1.81. The number of hydrogen-bond donors (Lipinski definition) is 1. The second-order valence-corrected chi connectivity index (χ2v) is 5.04. The Labute approximate surface area is 102 Å². The van der Waals surface area contributed by atoms with Gasteiger partial charge in [-0.05, 0) is 36.9 Å². The molecule has 1 aromatic carbocycles. The number of thioether (sulfide) groups is 1. The van der Waals surface area contributed by atoms with E-state index in [1.807, 2.05) is 18.8 Å². The molecule has 15 heavy (non-hydrogen) atoms. The molecule has 3 heteroatoms. The molecule has 0 radical (unpaired) electrons. The molecule has 84 valence electrons. The Morgan fingerprint density at radius 1 is 1.33 bits per heavy atom. The zero-order valence-electron chi connectivity index (χ0n) is 9.29. The molecular weight excluding hydrogens is 226 g/mol. The van der Waals surface area contributed by atoms with Gasteiger partial charge in [-0.25, -0.2) is 0 Å². The first-order valence-corrected chi connectivity index (χ1v) is 6.79. The molecule has 1 N–H and O–H groups in total. The zero-order valence-corrected chi connectivity index (χ0v) is 10.9. The second-order valence-electron chi connectivity index (χ2n) is 3.32. The Kier molecular flexibility index (Phi) is 6.15. The van der Waals surface area contributed by atoms with E-state index in [-0.39, 0.29) is 0 Å². The fourth-order valence-electron chi connectivity index (χ4n) is 1.55. The molecule has 0 saturated carbocycles. The first-order chi connectivity index (χ1) is 7.31. The van der Waals surface area contributed by atoms with Gasteiger partial charge >= 0.3 is 0 Å². The number of rotatable bonds is 6. The summed E-state index contributed by atoms with van der Waals surface area (Å²) in [5.41, 5.74) is 1.32. The summed E-state index contributed by atoms with van der Waals surface area (Å²) in [6.07, 6.45) is 0.971. The normalized spacial score (nSPS) is 12.7. The lowest BCUT2D eigenvalue weighted by atomic mass is 10.1. The van der Waals surface area contributed by atoms with Gasteiger partial charge in [-0.1, -0.05) is 19.1 Å². The smallest absolute Gasteiger partial charge is 0.0328 e. The molecule has 0 aromatic heterocycles. The van der Waals surface area contributed by atoms with Crippen LogP contribution in [0, 0.1) is 0 Å². The van der Waals surface area contributed by atoms with Crippen LogP contribution in [0.2, 0.25) is 0 Å². The monoisotopic (exact) mass is 243 g/mol. The summed E-state index contributed by atoms with van der Waals surface area (Å²) in [6, 6.07) is 9.12. The van der Waals surface area contributed by atoms with Gasteiger partial charge in [0, 0.05) is 16.8 Å². The minimum absolute atomic E-state index is 0.378. The lowest BCUT2D eigenvalue weighted by molar-refractivity contribution is 0.579. The summed E-state index contributed by atoms with van der Waals surface area (Å²) in [4.78, 5) is 1.34. The summed E-state index contributed by atoms with van der Waals surface area (Å²) in [7, 11) is 1.98. The van der Waals surface area contributed by atoms with Crippen molar-refractivity contribution in [2.75, 3.05) is 18.7 Å². The number of benzene rings is 1. The van der Waals surface area contributed by atoms with Crippen LogP contribution in [0.1, 0.15) is 24.9 Å². The van der Waals surface area contributed by atoms with E-state index in [1.165, 1.54) is 10.5 Å². The molecule has 0 aliphatic rings. The summed E-state index contributed by atoms with van der Waals surface area (Å²) < 4.78 is 0. The van der Waals surface area contributed by atoms with Crippen LogP contribution in [0.4, 0.5) is 0 Å². The van der Waals surface area contributed by atoms with Gasteiger partial charge in [0.15, 0.2) is 0 Å². The van der Waals surface area contributed by atoms with Gasteiger partial charge in [-0.15, -0.1) is 23.4 Å². The molecule has 1 aromatic rings. The average molecular weight is 244 g/mol. The molecule has 1 atom stereocenters. The van der Waals surface area contributed by atoms with Crippen molar-refractivity contribution in [3.05, 3.63) is 29.8 Å². The Balaban J connectivity index is 2.68. The Hall–Kier alpha value is -0.180. The van der Waals surface area contributed by atoms with Gasteiger partial charge in [0.2, 0.25) is 0 Å². The molecule has 0 heterocycles. The standard InChI is InChI=1S/C12H18ClNS/c1-3-15-11-6-4-10(5-7-11)12(14-2)8-9-13/h4-7,12,14H,3,8-9H2,1-2H3. The highest BCUT2D eigenvalue weighted by Gasteiger charge is 2.07. The molecule has 0 aliphatic heterocycles. The van der Waals surface area contributed by atoms with Crippen molar-refractivity contribution in [3.63, 3.8) is 0 Å². The fraction of sp³-hybridized carbons (Fsp3) is 0.500. The van der Waals surface area contributed by atoms with Crippen LogP contribution in [-0.2, 0) is 0 Å². The third kappa shape index (κ3) is 4.06. The molecule has 0 spiro atoms. The molecule has 0 aliphatic carbocycles. The first kappa shape index (κ1) is 12.9.